The Bertz CT molecular complexity index is 367. The van der Waals surface area contributed by atoms with Crippen molar-refractivity contribution in [3.63, 3.8) is 0 Å². The van der Waals surface area contributed by atoms with Crippen LogP contribution in [-0.4, -0.2) is 23.5 Å². The fourth-order valence-electron chi connectivity index (χ4n) is 1.09. The van der Waals surface area contributed by atoms with E-state index in [1.165, 1.54) is 6.07 Å². The van der Waals surface area contributed by atoms with Crippen LogP contribution in [0.3, 0.4) is 0 Å². The number of carboxylic acid groups (broad SMARTS) is 1. The Morgan fingerprint density at radius 3 is 2.64 bits per heavy atom. The van der Waals surface area contributed by atoms with Crippen molar-refractivity contribution >= 4 is 11.9 Å². The molecule has 0 aliphatic carbocycles. The Kier molecular flexibility index (Phi) is 2.91. The molecule has 0 atom stereocenters. The first-order valence-electron chi connectivity index (χ1n) is 4.14. The molecule has 1 heterocycles. The predicted molar refractivity (Wildman–Crippen MR) is 45.8 cm³/mol. The van der Waals surface area contributed by atoms with Crippen molar-refractivity contribution in [2.24, 2.45) is 0 Å². The average Bonchev–Trinajstić information content (AvgIpc) is 2.48. The molecule has 0 fully saturated rings. The average molecular weight is 196 g/mol. The lowest BCUT2D eigenvalue weighted by atomic mass is 10.2. The highest BCUT2D eigenvalue weighted by Crippen LogP contribution is 2.10. The molecular weight excluding hydrogens is 186 g/mol. The van der Waals surface area contributed by atoms with Gasteiger partial charge in [0.15, 0.2) is 0 Å². The van der Waals surface area contributed by atoms with Gasteiger partial charge in [-0.1, -0.05) is 0 Å². The van der Waals surface area contributed by atoms with Crippen molar-refractivity contribution in [2.45, 2.75) is 13.8 Å². The summed E-state index contributed by atoms with van der Waals surface area (Å²) in [6, 6.07) is 1.21. The summed E-state index contributed by atoms with van der Waals surface area (Å²) in [5.74, 6) is -1.88. The molecule has 0 aliphatic heterocycles. The molecule has 0 saturated carbocycles. The molecule has 0 saturated heterocycles. The molecule has 14 heavy (non-hydrogen) atoms. The van der Waals surface area contributed by atoms with Gasteiger partial charge in [0.1, 0.15) is 0 Å². The lowest BCUT2D eigenvalue weighted by Crippen LogP contribution is -2.22. The Morgan fingerprint density at radius 1 is 1.57 bits per heavy atom. The number of aryl methyl sites for hydroxylation is 1. The van der Waals surface area contributed by atoms with Gasteiger partial charge in [0, 0.05) is 5.69 Å². The molecule has 0 aromatic carbocycles. The standard InChI is InChI=1S/C9H11NO4/c1-3-14-9(13)6-4-7(8(11)12)10-5(6)2/h4,10H,3H2,1-2H3,(H,11,12)/p-1. The number of carbonyl (C=O) groups excluding carboxylic acids is 2. The lowest BCUT2D eigenvalue weighted by Gasteiger charge is -1.98. The van der Waals surface area contributed by atoms with Gasteiger partial charge in [-0.15, -0.1) is 0 Å². The largest absolute Gasteiger partial charge is 0.543 e. The highest BCUT2D eigenvalue weighted by Gasteiger charge is 2.13. The van der Waals surface area contributed by atoms with E-state index in [4.69, 9.17) is 4.74 Å². The third kappa shape index (κ3) is 1.93. The molecule has 0 amide bonds. The molecule has 1 aromatic rings. The minimum absolute atomic E-state index is 0.120. The van der Waals surface area contributed by atoms with Crippen LogP contribution in [0.1, 0.15) is 33.5 Å². The Balaban J connectivity index is 2.98. The summed E-state index contributed by atoms with van der Waals surface area (Å²) in [6.07, 6.45) is 0. The first kappa shape index (κ1) is 10.3. The van der Waals surface area contributed by atoms with Gasteiger partial charge in [0.05, 0.1) is 23.8 Å². The molecule has 0 spiro atoms. The Morgan fingerprint density at radius 2 is 2.21 bits per heavy atom. The minimum atomic E-state index is -1.34. The van der Waals surface area contributed by atoms with Gasteiger partial charge in [0.2, 0.25) is 0 Å². The maximum atomic E-state index is 11.2. The summed E-state index contributed by atoms with van der Waals surface area (Å²) >= 11 is 0. The van der Waals surface area contributed by atoms with E-state index in [0.717, 1.165) is 0 Å². The fraction of sp³-hybridized carbons (Fsp3) is 0.333. The second-order valence-electron chi connectivity index (χ2n) is 2.73. The van der Waals surface area contributed by atoms with Crippen LogP contribution in [0.2, 0.25) is 0 Å². The summed E-state index contributed by atoms with van der Waals surface area (Å²) in [7, 11) is 0. The zero-order valence-corrected chi connectivity index (χ0v) is 7.92. The number of carboxylic acids is 1. The Labute approximate surface area is 80.7 Å². The van der Waals surface area contributed by atoms with Crippen molar-refractivity contribution in [1.29, 1.82) is 0 Å². The lowest BCUT2D eigenvalue weighted by molar-refractivity contribution is -0.255. The fourth-order valence-corrected chi connectivity index (χ4v) is 1.09. The second-order valence-corrected chi connectivity index (χ2v) is 2.73. The van der Waals surface area contributed by atoms with Crippen molar-refractivity contribution in [1.82, 2.24) is 4.98 Å². The number of aromatic nitrogens is 1. The van der Waals surface area contributed by atoms with Crippen LogP contribution in [0, 0.1) is 6.92 Å². The monoisotopic (exact) mass is 196 g/mol. The summed E-state index contributed by atoms with van der Waals surface area (Å²) < 4.78 is 4.73. The van der Waals surface area contributed by atoms with E-state index in [1.807, 2.05) is 0 Å². The number of ether oxygens (including phenoxy) is 1. The number of aromatic carboxylic acids is 1. The number of esters is 1. The van der Waals surface area contributed by atoms with Gasteiger partial charge in [-0.25, -0.2) is 4.79 Å². The van der Waals surface area contributed by atoms with Crippen molar-refractivity contribution in [2.75, 3.05) is 6.61 Å². The first-order valence-corrected chi connectivity index (χ1v) is 4.14. The maximum absolute atomic E-state index is 11.2. The molecule has 5 nitrogen and oxygen atoms in total. The van der Waals surface area contributed by atoms with Crippen molar-refractivity contribution in [3.05, 3.63) is 23.0 Å². The highest BCUT2D eigenvalue weighted by molar-refractivity contribution is 5.94. The Hall–Kier alpha value is -1.78. The molecule has 0 unspecified atom stereocenters. The molecule has 1 N–H and O–H groups in total. The summed E-state index contributed by atoms with van der Waals surface area (Å²) in [5.41, 5.74) is 0.569. The zero-order chi connectivity index (χ0) is 10.7. The maximum Gasteiger partial charge on any atom is 0.339 e. The van der Waals surface area contributed by atoms with Gasteiger partial charge in [-0.3, -0.25) is 0 Å². The van der Waals surface area contributed by atoms with Gasteiger partial charge >= 0.3 is 5.97 Å². The molecular formula is C9H10NO4-. The molecule has 1 rings (SSSR count). The molecule has 1 aromatic heterocycles. The molecule has 0 bridgehead atoms. The van der Waals surface area contributed by atoms with E-state index in [-0.39, 0.29) is 17.9 Å². The van der Waals surface area contributed by atoms with Gasteiger partial charge in [-0.05, 0) is 19.9 Å². The number of H-pyrrole nitrogens is 1. The van der Waals surface area contributed by atoms with Gasteiger partial charge in [-0.2, -0.15) is 0 Å². The normalized spacial score (nSPS) is 9.86. The van der Waals surface area contributed by atoms with Crippen LogP contribution >= 0.6 is 0 Å². The topological polar surface area (TPSA) is 82.2 Å². The predicted octanol–water partition coefficient (Wildman–Crippen LogP) is -0.137. The first-order chi connectivity index (χ1) is 6.56. The highest BCUT2D eigenvalue weighted by atomic mass is 16.5. The van der Waals surface area contributed by atoms with Gasteiger partial charge in [0.25, 0.3) is 0 Å². The third-order valence-corrected chi connectivity index (χ3v) is 1.73. The molecule has 76 valence electrons. The third-order valence-electron chi connectivity index (χ3n) is 1.73. The summed E-state index contributed by atoms with van der Waals surface area (Å²) in [4.78, 5) is 24.2. The van der Waals surface area contributed by atoms with E-state index in [0.29, 0.717) is 5.69 Å². The number of carbonyl (C=O) groups is 2. The van der Waals surface area contributed by atoms with Crippen molar-refractivity contribution in [3.8, 4) is 0 Å². The van der Waals surface area contributed by atoms with Crippen LogP contribution in [0.5, 0.6) is 0 Å². The summed E-state index contributed by atoms with van der Waals surface area (Å²) in [6.45, 7) is 3.53. The van der Waals surface area contributed by atoms with Gasteiger partial charge < -0.3 is 19.6 Å². The number of nitrogens with one attached hydrogen (secondary N) is 1. The number of hydrogen-bond acceptors (Lipinski definition) is 4. The van der Waals surface area contributed by atoms with E-state index < -0.39 is 11.9 Å². The van der Waals surface area contributed by atoms with Crippen LogP contribution in [0.25, 0.3) is 0 Å². The molecule has 0 aliphatic rings. The quantitative estimate of drug-likeness (QED) is 0.682. The zero-order valence-electron chi connectivity index (χ0n) is 7.92. The van der Waals surface area contributed by atoms with E-state index in [2.05, 4.69) is 4.98 Å². The SMILES string of the molecule is CCOC(=O)c1cc(C(=O)[O-])[nH]c1C. The molecule has 0 radical (unpaired) electrons. The van der Waals surface area contributed by atoms with Crippen LogP contribution in [0.4, 0.5) is 0 Å². The number of hydrogen-bond donors (Lipinski definition) is 1. The van der Waals surface area contributed by atoms with Crippen LogP contribution < -0.4 is 5.11 Å². The second kappa shape index (κ2) is 3.95. The minimum Gasteiger partial charge on any atom is -0.543 e. The van der Waals surface area contributed by atoms with E-state index in [1.54, 1.807) is 13.8 Å². The van der Waals surface area contributed by atoms with E-state index in [9.17, 15) is 14.7 Å². The molecule has 5 heteroatoms. The number of aromatic amines is 1. The number of rotatable bonds is 3. The van der Waals surface area contributed by atoms with Crippen LogP contribution in [-0.2, 0) is 4.74 Å². The van der Waals surface area contributed by atoms with E-state index >= 15 is 0 Å². The van der Waals surface area contributed by atoms with Crippen LogP contribution in [0.15, 0.2) is 6.07 Å². The smallest absolute Gasteiger partial charge is 0.339 e. The summed E-state index contributed by atoms with van der Waals surface area (Å²) in [5, 5.41) is 10.5. The van der Waals surface area contributed by atoms with Crippen molar-refractivity contribution < 1.29 is 19.4 Å².